The molecule has 1 atom stereocenters. The number of rotatable bonds is 5. The van der Waals surface area contributed by atoms with Crippen molar-refractivity contribution in [1.29, 1.82) is 0 Å². The van der Waals surface area contributed by atoms with Crippen LogP contribution in [0.1, 0.15) is 12.5 Å². The second-order valence-corrected chi connectivity index (χ2v) is 3.97. The molecule has 0 heterocycles. The van der Waals surface area contributed by atoms with Crippen LogP contribution >= 0.6 is 11.6 Å². The summed E-state index contributed by atoms with van der Waals surface area (Å²) < 4.78 is 23.8. The van der Waals surface area contributed by atoms with E-state index in [-0.39, 0.29) is 12.6 Å². The maximum atomic E-state index is 11.9. The summed E-state index contributed by atoms with van der Waals surface area (Å²) in [7, 11) is 0. The molecule has 1 aromatic carbocycles. The van der Waals surface area contributed by atoms with Gasteiger partial charge in [-0.1, -0.05) is 23.7 Å². The Balaban J connectivity index is 2.37. The van der Waals surface area contributed by atoms with E-state index in [9.17, 15) is 8.78 Å². The fraction of sp³-hybridized carbons (Fsp3) is 0.455. The first-order chi connectivity index (χ1) is 7.08. The predicted molar refractivity (Wildman–Crippen MR) is 58.6 cm³/mol. The van der Waals surface area contributed by atoms with Gasteiger partial charge in [-0.25, -0.2) is 8.78 Å². The lowest BCUT2D eigenvalue weighted by atomic mass is 10.1. The second kappa shape index (κ2) is 6.03. The van der Waals surface area contributed by atoms with Crippen molar-refractivity contribution in [2.75, 3.05) is 6.54 Å². The van der Waals surface area contributed by atoms with Crippen molar-refractivity contribution in [3.63, 3.8) is 0 Å². The highest BCUT2D eigenvalue weighted by molar-refractivity contribution is 6.30. The van der Waals surface area contributed by atoms with Crippen molar-refractivity contribution in [2.45, 2.75) is 25.8 Å². The Morgan fingerprint density at radius 1 is 1.27 bits per heavy atom. The van der Waals surface area contributed by atoms with Crippen LogP contribution in [-0.2, 0) is 6.42 Å². The SMILES string of the molecule is CC(Cc1ccc(Cl)cc1)NCC(F)F. The van der Waals surface area contributed by atoms with E-state index in [0.717, 1.165) is 12.0 Å². The largest absolute Gasteiger partial charge is 0.309 e. The van der Waals surface area contributed by atoms with E-state index < -0.39 is 6.43 Å². The van der Waals surface area contributed by atoms with Crippen LogP contribution in [0.15, 0.2) is 24.3 Å². The summed E-state index contributed by atoms with van der Waals surface area (Å²) in [4.78, 5) is 0. The summed E-state index contributed by atoms with van der Waals surface area (Å²) in [5.41, 5.74) is 1.09. The molecule has 0 aromatic heterocycles. The normalized spacial score (nSPS) is 13.1. The second-order valence-electron chi connectivity index (χ2n) is 3.53. The van der Waals surface area contributed by atoms with Crippen LogP contribution in [0.25, 0.3) is 0 Å². The summed E-state index contributed by atoms with van der Waals surface area (Å²) in [6.45, 7) is 1.63. The molecule has 84 valence electrons. The Bertz CT molecular complexity index is 287. The van der Waals surface area contributed by atoms with E-state index in [1.807, 2.05) is 19.1 Å². The number of alkyl halides is 2. The number of benzene rings is 1. The minimum Gasteiger partial charge on any atom is -0.309 e. The van der Waals surface area contributed by atoms with Crippen molar-refractivity contribution in [2.24, 2.45) is 0 Å². The molecule has 0 aliphatic heterocycles. The van der Waals surface area contributed by atoms with Crippen LogP contribution in [0, 0.1) is 0 Å². The smallest absolute Gasteiger partial charge is 0.250 e. The molecule has 0 saturated carbocycles. The Kier molecular flexibility index (Phi) is 4.99. The quantitative estimate of drug-likeness (QED) is 0.824. The van der Waals surface area contributed by atoms with Crippen LogP contribution in [0.3, 0.4) is 0 Å². The zero-order chi connectivity index (χ0) is 11.3. The van der Waals surface area contributed by atoms with Gasteiger partial charge in [0.05, 0.1) is 6.54 Å². The van der Waals surface area contributed by atoms with Gasteiger partial charge in [0.25, 0.3) is 6.43 Å². The predicted octanol–water partition coefficient (Wildman–Crippen LogP) is 3.13. The first-order valence-electron chi connectivity index (χ1n) is 4.84. The molecule has 4 heteroatoms. The van der Waals surface area contributed by atoms with Gasteiger partial charge in [0, 0.05) is 11.1 Å². The van der Waals surface area contributed by atoms with Crippen molar-refractivity contribution >= 4 is 11.6 Å². The van der Waals surface area contributed by atoms with E-state index in [4.69, 9.17) is 11.6 Å². The molecule has 0 spiro atoms. The third-order valence-electron chi connectivity index (χ3n) is 2.08. The highest BCUT2D eigenvalue weighted by Crippen LogP contribution is 2.11. The Hall–Kier alpha value is -0.670. The van der Waals surface area contributed by atoms with Gasteiger partial charge in [0.1, 0.15) is 0 Å². The van der Waals surface area contributed by atoms with E-state index >= 15 is 0 Å². The van der Waals surface area contributed by atoms with E-state index in [1.165, 1.54) is 0 Å². The maximum Gasteiger partial charge on any atom is 0.250 e. The van der Waals surface area contributed by atoms with E-state index in [2.05, 4.69) is 5.32 Å². The molecule has 1 rings (SSSR count). The molecule has 15 heavy (non-hydrogen) atoms. The molecule has 0 aliphatic carbocycles. The molecular formula is C11H14ClF2N. The molecule has 0 amide bonds. The number of nitrogens with one attached hydrogen (secondary N) is 1. The van der Waals surface area contributed by atoms with Gasteiger partial charge < -0.3 is 5.32 Å². The third-order valence-corrected chi connectivity index (χ3v) is 2.33. The van der Waals surface area contributed by atoms with Gasteiger partial charge in [0.2, 0.25) is 0 Å². The first kappa shape index (κ1) is 12.4. The monoisotopic (exact) mass is 233 g/mol. The van der Waals surface area contributed by atoms with Crippen LogP contribution < -0.4 is 5.32 Å². The molecule has 0 bridgehead atoms. The minimum atomic E-state index is -2.29. The molecule has 1 nitrogen and oxygen atoms in total. The maximum absolute atomic E-state index is 11.9. The minimum absolute atomic E-state index is 0.0418. The fourth-order valence-corrected chi connectivity index (χ4v) is 1.46. The summed E-state index contributed by atoms with van der Waals surface area (Å²) in [6, 6.07) is 7.46. The zero-order valence-corrected chi connectivity index (χ0v) is 9.27. The molecule has 1 aromatic rings. The van der Waals surface area contributed by atoms with Crippen molar-refractivity contribution in [3.05, 3.63) is 34.9 Å². The highest BCUT2D eigenvalue weighted by Gasteiger charge is 2.06. The van der Waals surface area contributed by atoms with E-state index in [1.54, 1.807) is 12.1 Å². The molecular weight excluding hydrogens is 220 g/mol. The molecule has 0 fully saturated rings. The lowest BCUT2D eigenvalue weighted by molar-refractivity contribution is 0.142. The Morgan fingerprint density at radius 3 is 2.40 bits per heavy atom. The molecule has 0 saturated heterocycles. The summed E-state index contributed by atoms with van der Waals surface area (Å²) in [5.74, 6) is 0. The van der Waals surface area contributed by atoms with Gasteiger partial charge in [0.15, 0.2) is 0 Å². The number of hydrogen-bond donors (Lipinski definition) is 1. The summed E-state index contributed by atoms with van der Waals surface area (Å²) >= 11 is 5.74. The van der Waals surface area contributed by atoms with Crippen LogP contribution in [0.5, 0.6) is 0 Å². The van der Waals surface area contributed by atoms with Gasteiger partial charge in [-0.15, -0.1) is 0 Å². The highest BCUT2D eigenvalue weighted by atomic mass is 35.5. The van der Waals surface area contributed by atoms with Crippen molar-refractivity contribution in [3.8, 4) is 0 Å². The molecule has 1 N–H and O–H groups in total. The topological polar surface area (TPSA) is 12.0 Å². The summed E-state index contributed by atoms with van der Waals surface area (Å²) in [5, 5.41) is 3.45. The fourth-order valence-electron chi connectivity index (χ4n) is 1.34. The zero-order valence-electron chi connectivity index (χ0n) is 8.51. The Morgan fingerprint density at radius 2 is 1.87 bits per heavy atom. The molecule has 1 unspecified atom stereocenters. The van der Waals surface area contributed by atoms with E-state index in [0.29, 0.717) is 5.02 Å². The van der Waals surface area contributed by atoms with Crippen LogP contribution in [0.2, 0.25) is 5.02 Å². The standard InChI is InChI=1S/C11H14ClF2N/c1-8(15-7-11(13)14)6-9-2-4-10(12)5-3-9/h2-5,8,11,15H,6-7H2,1H3. The number of hydrogen-bond acceptors (Lipinski definition) is 1. The third kappa shape index (κ3) is 5.09. The average Bonchev–Trinajstić information content (AvgIpc) is 2.19. The van der Waals surface area contributed by atoms with Gasteiger partial charge in [-0.3, -0.25) is 0 Å². The summed E-state index contributed by atoms with van der Waals surface area (Å²) in [6.07, 6.45) is -1.57. The van der Waals surface area contributed by atoms with Crippen LogP contribution in [0.4, 0.5) is 8.78 Å². The van der Waals surface area contributed by atoms with Gasteiger partial charge in [-0.05, 0) is 31.0 Å². The molecule has 0 aliphatic rings. The lowest BCUT2D eigenvalue weighted by Gasteiger charge is -2.13. The lowest BCUT2D eigenvalue weighted by Crippen LogP contribution is -2.32. The average molecular weight is 234 g/mol. The van der Waals surface area contributed by atoms with Crippen molar-refractivity contribution < 1.29 is 8.78 Å². The Labute approximate surface area is 93.4 Å². The van der Waals surface area contributed by atoms with Crippen LogP contribution in [-0.4, -0.2) is 19.0 Å². The molecule has 0 radical (unpaired) electrons. The van der Waals surface area contributed by atoms with Gasteiger partial charge in [-0.2, -0.15) is 0 Å². The van der Waals surface area contributed by atoms with Crippen molar-refractivity contribution in [1.82, 2.24) is 5.32 Å². The number of halogens is 3. The first-order valence-corrected chi connectivity index (χ1v) is 5.21. The van der Waals surface area contributed by atoms with Gasteiger partial charge >= 0.3 is 0 Å².